The Hall–Kier alpha value is -8.34. The zero-order valence-electron chi connectivity index (χ0n) is 34.2. The molecule has 0 amide bonds. The summed E-state index contributed by atoms with van der Waals surface area (Å²) in [6, 6.07) is 83.4. The number of benzene rings is 9. The van der Waals surface area contributed by atoms with Crippen molar-refractivity contribution in [3.05, 3.63) is 253 Å². The molecule has 1 aliphatic heterocycles. The maximum Gasteiger partial charge on any atom is 0.235 e. The fraction of sp³-hybridized carbons (Fsp3) is 0.0169. The van der Waals surface area contributed by atoms with Crippen LogP contribution in [0.25, 0.3) is 72.5 Å². The molecule has 4 nitrogen and oxygen atoms in total. The number of hydrogen-bond acceptors (Lipinski definition) is 3. The maximum atomic E-state index is 5.27. The Bertz CT molecular complexity index is 3470. The molecule has 13 rings (SSSR count). The summed E-state index contributed by atoms with van der Waals surface area (Å²) < 4.78 is 2.23. The molecule has 0 bridgehead atoms. The van der Waals surface area contributed by atoms with Crippen LogP contribution in [0.5, 0.6) is 0 Å². The van der Waals surface area contributed by atoms with Gasteiger partial charge in [-0.05, 0) is 93.0 Å². The lowest BCUT2D eigenvalue weighted by Gasteiger charge is -2.45. The van der Waals surface area contributed by atoms with Gasteiger partial charge in [-0.3, -0.25) is 4.57 Å². The molecule has 1 spiro atoms. The molecule has 1 aliphatic carbocycles. The highest BCUT2D eigenvalue weighted by atomic mass is 15.2. The molecule has 2 aliphatic rings. The first-order chi connectivity index (χ1) is 31.3. The van der Waals surface area contributed by atoms with Crippen molar-refractivity contribution in [1.82, 2.24) is 14.5 Å². The predicted octanol–water partition coefficient (Wildman–Crippen LogP) is 14.7. The van der Waals surface area contributed by atoms with Crippen molar-refractivity contribution in [3.8, 4) is 50.7 Å². The topological polar surface area (TPSA) is 34.0 Å². The van der Waals surface area contributed by atoms with Crippen molar-refractivity contribution in [1.29, 1.82) is 0 Å². The summed E-state index contributed by atoms with van der Waals surface area (Å²) in [5, 5.41) is 2.30. The second-order valence-electron chi connectivity index (χ2n) is 16.5. The van der Waals surface area contributed by atoms with E-state index < -0.39 is 5.41 Å². The molecule has 0 atom stereocenters. The van der Waals surface area contributed by atoms with Gasteiger partial charge in [0.05, 0.1) is 39.2 Å². The van der Waals surface area contributed by atoms with Crippen LogP contribution in [0.1, 0.15) is 22.3 Å². The van der Waals surface area contributed by atoms with Gasteiger partial charge in [0, 0.05) is 27.6 Å². The minimum atomic E-state index is -0.493. The van der Waals surface area contributed by atoms with Crippen molar-refractivity contribution < 1.29 is 0 Å². The van der Waals surface area contributed by atoms with Gasteiger partial charge in [-0.1, -0.05) is 182 Å². The Morgan fingerprint density at radius 1 is 0.333 bits per heavy atom. The Labute approximate surface area is 365 Å². The van der Waals surface area contributed by atoms with E-state index in [1.165, 1.54) is 44.8 Å². The highest BCUT2D eigenvalue weighted by Gasteiger charge is 2.51. The standard InChI is InChI=1S/C59H38N4/c1-4-18-39(19-5-1)52-38-53(40-20-6-2-7-21-40)61-58(60-52)63-54-30-16-12-26-46(54)47-36-41(33-35-55(47)63)42-32-34-51-57(37-42)62(43-22-8-3-9-23-43)56-31-17-15-29-50(56)59(51)48-27-13-10-24-44(48)45-25-11-14-28-49(45)59/h1-38H. The van der Waals surface area contributed by atoms with E-state index in [9.17, 15) is 0 Å². The van der Waals surface area contributed by atoms with Gasteiger partial charge < -0.3 is 4.90 Å². The second kappa shape index (κ2) is 13.8. The van der Waals surface area contributed by atoms with Crippen molar-refractivity contribution in [2.45, 2.75) is 5.41 Å². The summed E-state index contributed by atoms with van der Waals surface area (Å²) in [7, 11) is 0. The quantitative estimate of drug-likeness (QED) is 0.174. The maximum absolute atomic E-state index is 5.27. The molecule has 0 saturated heterocycles. The molecule has 3 heterocycles. The minimum absolute atomic E-state index is 0.493. The molecule has 0 saturated carbocycles. The first kappa shape index (κ1) is 35.4. The van der Waals surface area contributed by atoms with E-state index in [-0.39, 0.29) is 0 Å². The van der Waals surface area contributed by atoms with Crippen molar-refractivity contribution in [2.75, 3.05) is 4.90 Å². The molecule has 9 aromatic carbocycles. The molecule has 11 aromatic rings. The first-order valence-corrected chi connectivity index (χ1v) is 21.6. The first-order valence-electron chi connectivity index (χ1n) is 21.6. The minimum Gasteiger partial charge on any atom is -0.310 e. The number of nitrogens with zero attached hydrogens (tertiary/aromatic N) is 4. The van der Waals surface area contributed by atoms with Crippen LogP contribution in [-0.4, -0.2) is 14.5 Å². The normalized spacial score (nSPS) is 13.2. The van der Waals surface area contributed by atoms with Crippen LogP contribution in [0.4, 0.5) is 17.1 Å². The highest BCUT2D eigenvalue weighted by molar-refractivity contribution is 6.10. The van der Waals surface area contributed by atoms with Gasteiger partial charge in [0.25, 0.3) is 0 Å². The summed E-state index contributed by atoms with van der Waals surface area (Å²) in [5.41, 5.74) is 19.1. The van der Waals surface area contributed by atoms with Gasteiger partial charge in [0.15, 0.2) is 0 Å². The fourth-order valence-electron chi connectivity index (χ4n) is 10.6. The van der Waals surface area contributed by atoms with E-state index in [0.29, 0.717) is 5.95 Å². The molecule has 0 fully saturated rings. The van der Waals surface area contributed by atoms with Crippen LogP contribution in [0.3, 0.4) is 0 Å². The monoisotopic (exact) mass is 802 g/mol. The SMILES string of the molecule is c1ccc(-c2cc(-c3ccccc3)nc(-n3c4ccccc4c4cc(-c5ccc6c(c5)N(c5ccccc5)c5ccccc5C65c6ccccc6-c6ccccc65)ccc43)n2)cc1. The van der Waals surface area contributed by atoms with Crippen LogP contribution >= 0.6 is 0 Å². The number of rotatable bonds is 5. The Morgan fingerprint density at radius 2 is 0.841 bits per heavy atom. The van der Waals surface area contributed by atoms with Gasteiger partial charge in [-0.2, -0.15) is 0 Å². The van der Waals surface area contributed by atoms with Crippen LogP contribution in [0.15, 0.2) is 231 Å². The summed E-state index contributed by atoms with van der Waals surface area (Å²) >= 11 is 0. The Morgan fingerprint density at radius 3 is 1.52 bits per heavy atom. The Kier molecular flexibility index (Phi) is 7.79. The number of hydrogen-bond donors (Lipinski definition) is 0. The molecule has 0 unspecified atom stereocenters. The lowest BCUT2D eigenvalue weighted by molar-refractivity contribution is 0.753. The van der Waals surface area contributed by atoms with E-state index >= 15 is 0 Å². The van der Waals surface area contributed by atoms with Crippen LogP contribution < -0.4 is 4.90 Å². The Balaban J connectivity index is 1.04. The molecule has 2 aromatic heterocycles. The van der Waals surface area contributed by atoms with E-state index in [4.69, 9.17) is 9.97 Å². The van der Waals surface area contributed by atoms with E-state index in [0.717, 1.165) is 61.1 Å². The molecular formula is C59H38N4. The molecule has 294 valence electrons. The van der Waals surface area contributed by atoms with Crippen LogP contribution in [0.2, 0.25) is 0 Å². The number of para-hydroxylation sites is 3. The average molecular weight is 803 g/mol. The van der Waals surface area contributed by atoms with Crippen molar-refractivity contribution in [3.63, 3.8) is 0 Å². The van der Waals surface area contributed by atoms with Gasteiger partial charge in [-0.15, -0.1) is 0 Å². The van der Waals surface area contributed by atoms with Crippen LogP contribution in [0, 0.1) is 0 Å². The smallest absolute Gasteiger partial charge is 0.235 e. The third kappa shape index (κ3) is 5.22. The zero-order valence-corrected chi connectivity index (χ0v) is 34.2. The summed E-state index contributed by atoms with van der Waals surface area (Å²) in [6.45, 7) is 0. The van der Waals surface area contributed by atoms with Crippen LogP contribution in [-0.2, 0) is 5.41 Å². The lowest BCUT2D eigenvalue weighted by Crippen LogP contribution is -2.36. The third-order valence-electron chi connectivity index (χ3n) is 13.2. The van der Waals surface area contributed by atoms with Gasteiger partial charge in [0.1, 0.15) is 0 Å². The van der Waals surface area contributed by atoms with Crippen molar-refractivity contribution >= 4 is 38.9 Å². The molecule has 63 heavy (non-hydrogen) atoms. The van der Waals surface area contributed by atoms with E-state index in [1.807, 2.05) is 12.1 Å². The molecule has 4 heteroatoms. The van der Waals surface area contributed by atoms with Gasteiger partial charge >= 0.3 is 0 Å². The lowest BCUT2D eigenvalue weighted by atomic mass is 9.64. The van der Waals surface area contributed by atoms with E-state index in [2.05, 4.69) is 228 Å². The van der Waals surface area contributed by atoms with Gasteiger partial charge in [0.2, 0.25) is 5.95 Å². The highest BCUT2D eigenvalue weighted by Crippen LogP contribution is 2.63. The largest absolute Gasteiger partial charge is 0.310 e. The summed E-state index contributed by atoms with van der Waals surface area (Å²) in [5.74, 6) is 0.641. The zero-order chi connectivity index (χ0) is 41.5. The number of fused-ring (bicyclic) bond motifs is 12. The molecule has 0 radical (unpaired) electrons. The number of anilines is 3. The summed E-state index contributed by atoms with van der Waals surface area (Å²) in [6.07, 6.45) is 0. The summed E-state index contributed by atoms with van der Waals surface area (Å²) in [4.78, 5) is 13.0. The molecule has 0 N–H and O–H groups in total. The second-order valence-corrected chi connectivity index (χ2v) is 16.5. The van der Waals surface area contributed by atoms with E-state index in [1.54, 1.807) is 0 Å². The fourth-order valence-corrected chi connectivity index (χ4v) is 10.6. The third-order valence-corrected chi connectivity index (χ3v) is 13.2. The van der Waals surface area contributed by atoms with Crippen molar-refractivity contribution in [2.24, 2.45) is 0 Å². The predicted molar refractivity (Wildman–Crippen MR) is 258 cm³/mol. The number of aromatic nitrogens is 3. The molecular weight excluding hydrogens is 765 g/mol. The average Bonchev–Trinajstić information content (AvgIpc) is 3.85. The van der Waals surface area contributed by atoms with Gasteiger partial charge in [-0.25, -0.2) is 9.97 Å².